The lowest BCUT2D eigenvalue weighted by atomic mass is 10.1. The predicted octanol–water partition coefficient (Wildman–Crippen LogP) is 4.00. The quantitative estimate of drug-likeness (QED) is 0.701. The van der Waals surface area contributed by atoms with Crippen molar-refractivity contribution in [1.82, 2.24) is 4.98 Å². The zero-order valence-corrected chi connectivity index (χ0v) is 17.1. The first-order valence-electron chi connectivity index (χ1n) is 8.97. The van der Waals surface area contributed by atoms with Gasteiger partial charge in [0.25, 0.3) is 0 Å². The Balaban J connectivity index is 1.95. The molecule has 0 atom stereocenters. The summed E-state index contributed by atoms with van der Waals surface area (Å²) in [4.78, 5) is 18.1. The Morgan fingerprint density at radius 2 is 1.79 bits per heavy atom. The van der Waals surface area contributed by atoms with Crippen LogP contribution in [0.2, 0.25) is 0 Å². The molecule has 0 aliphatic carbocycles. The number of hydrogen-bond donors (Lipinski definition) is 1. The zero-order chi connectivity index (χ0) is 20.6. The average Bonchev–Trinajstić information content (AvgIpc) is 2.89. The molecule has 0 radical (unpaired) electrons. The summed E-state index contributed by atoms with van der Waals surface area (Å²) >= 11 is 0. The number of rotatable bonds is 5. The molecule has 28 heavy (non-hydrogen) atoms. The van der Waals surface area contributed by atoms with Crippen molar-refractivity contribution in [3.63, 3.8) is 0 Å². The summed E-state index contributed by atoms with van der Waals surface area (Å²) in [5.41, 5.74) is 2.99. The van der Waals surface area contributed by atoms with Crippen LogP contribution in [0.4, 0.5) is 10.1 Å². The van der Waals surface area contributed by atoms with E-state index in [0.29, 0.717) is 11.1 Å². The summed E-state index contributed by atoms with van der Waals surface area (Å²) in [5.74, 6) is -0.493. The Labute approximate surface area is 164 Å². The largest absolute Gasteiger partial charge is 0.358 e. The smallest absolute Gasteiger partial charge is 0.231 e. The van der Waals surface area contributed by atoms with Gasteiger partial charge >= 0.3 is 0 Å². The zero-order valence-electron chi connectivity index (χ0n) is 16.3. The number of benzene rings is 2. The first-order chi connectivity index (χ1) is 13.1. The topological polar surface area (TPSA) is 70.2 Å². The minimum atomic E-state index is -3.30. The highest BCUT2D eigenvalue weighted by atomic mass is 32.2. The Morgan fingerprint density at radius 3 is 2.36 bits per heavy atom. The van der Waals surface area contributed by atoms with Crippen molar-refractivity contribution < 1.29 is 17.6 Å². The highest BCUT2D eigenvalue weighted by Crippen LogP contribution is 2.26. The van der Waals surface area contributed by atoms with Crippen LogP contribution in [-0.4, -0.2) is 31.6 Å². The highest BCUT2D eigenvalue weighted by Gasteiger charge is 2.22. The average molecular weight is 402 g/mol. The molecule has 1 aromatic heterocycles. The maximum absolute atomic E-state index is 13.7. The number of H-pyrrole nitrogens is 1. The minimum absolute atomic E-state index is 0.112. The van der Waals surface area contributed by atoms with Crippen molar-refractivity contribution in [2.45, 2.75) is 38.1 Å². The third-order valence-electron chi connectivity index (χ3n) is 4.74. The summed E-state index contributed by atoms with van der Waals surface area (Å²) in [6.45, 7) is 5.65. The van der Waals surface area contributed by atoms with E-state index in [4.69, 9.17) is 0 Å². The van der Waals surface area contributed by atoms with E-state index in [-0.39, 0.29) is 29.1 Å². The maximum atomic E-state index is 13.7. The summed E-state index contributed by atoms with van der Waals surface area (Å²) in [6, 6.07) is 10.6. The number of fused-ring (bicyclic) bond motifs is 1. The van der Waals surface area contributed by atoms with Gasteiger partial charge in [0.15, 0.2) is 9.84 Å². The molecule has 0 spiro atoms. The van der Waals surface area contributed by atoms with Gasteiger partial charge in [-0.05, 0) is 68.8 Å². The van der Waals surface area contributed by atoms with Crippen molar-refractivity contribution in [3.8, 4) is 0 Å². The van der Waals surface area contributed by atoms with E-state index in [2.05, 4.69) is 4.98 Å². The van der Waals surface area contributed by atoms with Crippen LogP contribution in [0.1, 0.15) is 25.1 Å². The number of amides is 1. The molecular weight excluding hydrogens is 379 g/mol. The molecule has 1 N–H and O–H groups in total. The van der Waals surface area contributed by atoms with E-state index < -0.39 is 9.84 Å². The lowest BCUT2D eigenvalue weighted by Crippen LogP contribution is -2.38. The summed E-state index contributed by atoms with van der Waals surface area (Å²) in [7, 11) is -3.30. The molecule has 1 heterocycles. The number of aryl methyl sites for hydroxylation is 1. The Kier molecular flexibility index (Phi) is 5.30. The minimum Gasteiger partial charge on any atom is -0.358 e. The normalized spacial score (nSPS) is 11.9. The number of sulfone groups is 1. The van der Waals surface area contributed by atoms with E-state index in [9.17, 15) is 17.6 Å². The molecule has 0 aliphatic heterocycles. The molecule has 5 nitrogen and oxygen atoms in total. The van der Waals surface area contributed by atoms with Gasteiger partial charge in [-0.15, -0.1) is 0 Å². The third-order valence-corrected chi connectivity index (χ3v) is 5.87. The van der Waals surface area contributed by atoms with E-state index >= 15 is 0 Å². The fraction of sp³-hybridized carbons (Fsp3) is 0.286. The lowest BCUT2D eigenvalue weighted by molar-refractivity contribution is -0.118. The number of halogens is 1. The van der Waals surface area contributed by atoms with Crippen LogP contribution in [0.25, 0.3) is 10.9 Å². The van der Waals surface area contributed by atoms with Crippen LogP contribution in [0, 0.1) is 12.7 Å². The van der Waals surface area contributed by atoms with Crippen molar-refractivity contribution in [1.29, 1.82) is 0 Å². The molecule has 0 saturated heterocycles. The van der Waals surface area contributed by atoms with Crippen LogP contribution < -0.4 is 4.90 Å². The Bertz CT molecular complexity index is 1130. The summed E-state index contributed by atoms with van der Waals surface area (Å²) < 4.78 is 37.0. The van der Waals surface area contributed by atoms with Gasteiger partial charge in [-0.1, -0.05) is 0 Å². The molecule has 0 aliphatic rings. The van der Waals surface area contributed by atoms with Gasteiger partial charge in [0.05, 0.1) is 11.3 Å². The van der Waals surface area contributed by atoms with Crippen molar-refractivity contribution in [2.24, 2.45) is 0 Å². The molecule has 0 fully saturated rings. The predicted molar refractivity (Wildman–Crippen MR) is 109 cm³/mol. The molecule has 0 saturated carbocycles. The number of nitrogens with zero attached hydrogens (tertiary/aromatic N) is 1. The van der Waals surface area contributed by atoms with Gasteiger partial charge in [-0.3, -0.25) is 4.79 Å². The first kappa shape index (κ1) is 20.1. The van der Waals surface area contributed by atoms with Crippen molar-refractivity contribution >= 4 is 32.3 Å². The first-order valence-corrected chi connectivity index (χ1v) is 10.9. The van der Waals surface area contributed by atoms with Gasteiger partial charge in [0.1, 0.15) is 5.82 Å². The molecule has 7 heteroatoms. The second-order valence-corrected chi connectivity index (χ2v) is 9.23. The number of hydrogen-bond acceptors (Lipinski definition) is 3. The van der Waals surface area contributed by atoms with E-state index in [1.54, 1.807) is 23.1 Å². The molecule has 148 valence electrons. The van der Waals surface area contributed by atoms with Crippen LogP contribution in [0.15, 0.2) is 47.4 Å². The highest BCUT2D eigenvalue weighted by molar-refractivity contribution is 7.90. The van der Waals surface area contributed by atoms with Gasteiger partial charge in [-0.2, -0.15) is 0 Å². The van der Waals surface area contributed by atoms with Gasteiger partial charge in [0.2, 0.25) is 5.91 Å². The van der Waals surface area contributed by atoms with E-state index in [1.807, 2.05) is 20.8 Å². The van der Waals surface area contributed by atoms with Crippen molar-refractivity contribution in [3.05, 3.63) is 59.5 Å². The van der Waals surface area contributed by atoms with E-state index in [0.717, 1.165) is 23.0 Å². The number of nitrogens with one attached hydrogen (secondary N) is 1. The van der Waals surface area contributed by atoms with Crippen LogP contribution >= 0.6 is 0 Å². The monoisotopic (exact) mass is 402 g/mol. The van der Waals surface area contributed by atoms with Crippen molar-refractivity contribution in [2.75, 3.05) is 11.2 Å². The molecule has 0 bridgehead atoms. The molecule has 2 aromatic carbocycles. The fourth-order valence-electron chi connectivity index (χ4n) is 3.40. The Morgan fingerprint density at radius 1 is 1.14 bits per heavy atom. The number of carbonyl (C=O) groups is 1. The second kappa shape index (κ2) is 7.39. The molecule has 3 rings (SSSR count). The van der Waals surface area contributed by atoms with Gasteiger partial charge in [-0.25, -0.2) is 12.8 Å². The molecule has 0 unspecified atom stereocenters. The van der Waals surface area contributed by atoms with Crippen LogP contribution in [0.5, 0.6) is 0 Å². The standard InChI is InChI=1S/C21H23FN2O3S/c1-13(2)24(16-6-8-17(9-7-16)28(4,26)27)21(25)12-18-14(3)23-20-10-5-15(22)11-19(18)20/h5-11,13,23H,12H2,1-4H3. The van der Waals surface area contributed by atoms with Gasteiger partial charge in [0, 0.05) is 34.6 Å². The number of aromatic amines is 1. The molecule has 3 aromatic rings. The third kappa shape index (κ3) is 3.94. The number of anilines is 1. The second-order valence-electron chi connectivity index (χ2n) is 7.22. The maximum Gasteiger partial charge on any atom is 0.231 e. The number of carbonyl (C=O) groups excluding carboxylic acids is 1. The van der Waals surface area contributed by atoms with Gasteiger partial charge < -0.3 is 9.88 Å². The summed E-state index contributed by atoms with van der Waals surface area (Å²) in [6.07, 6.45) is 1.26. The van der Waals surface area contributed by atoms with Crippen LogP contribution in [-0.2, 0) is 21.1 Å². The molecular formula is C21H23FN2O3S. The van der Waals surface area contributed by atoms with Crippen LogP contribution in [0.3, 0.4) is 0 Å². The SMILES string of the molecule is Cc1[nH]c2ccc(F)cc2c1CC(=O)N(c1ccc(S(C)(=O)=O)cc1)C(C)C. The number of aromatic nitrogens is 1. The lowest BCUT2D eigenvalue weighted by Gasteiger charge is -2.27. The van der Waals surface area contributed by atoms with E-state index in [1.165, 1.54) is 24.3 Å². The fourth-order valence-corrected chi connectivity index (χ4v) is 4.03. The molecule has 1 amide bonds. The Hall–Kier alpha value is -2.67. The summed E-state index contributed by atoms with van der Waals surface area (Å²) in [5, 5.41) is 0.696.